The largest absolute Gasteiger partial charge is 0.381 e. The highest BCUT2D eigenvalue weighted by Crippen LogP contribution is 2.24. The molecule has 1 saturated heterocycles. The minimum atomic E-state index is 0.0984. The average Bonchev–Trinajstić information content (AvgIpc) is 3.00. The number of nitrogens with zero attached hydrogens (tertiary/aromatic N) is 2. The van der Waals surface area contributed by atoms with Gasteiger partial charge in [-0.1, -0.05) is 6.92 Å². The standard InChI is InChI=1S/C16H25N3O2/c1-12(14-4-8-21-9-5-14)16(20)18-10-13-2-3-15-17-6-7-19(15)11-13/h6-7,12-14H,2-5,8-11H2,1H3,(H,18,20). The number of amides is 1. The minimum absolute atomic E-state index is 0.0984. The van der Waals surface area contributed by atoms with Gasteiger partial charge in [0, 0.05) is 51.0 Å². The number of hydrogen-bond acceptors (Lipinski definition) is 3. The number of aryl methyl sites for hydroxylation is 1. The van der Waals surface area contributed by atoms with Crippen LogP contribution in [0.3, 0.4) is 0 Å². The van der Waals surface area contributed by atoms with Crippen LogP contribution in [0.2, 0.25) is 0 Å². The molecule has 2 atom stereocenters. The van der Waals surface area contributed by atoms with Crippen molar-refractivity contribution < 1.29 is 9.53 Å². The van der Waals surface area contributed by atoms with E-state index in [1.54, 1.807) is 0 Å². The predicted octanol–water partition coefficient (Wildman–Crippen LogP) is 1.62. The lowest BCUT2D eigenvalue weighted by Crippen LogP contribution is -2.39. The van der Waals surface area contributed by atoms with Gasteiger partial charge in [0.1, 0.15) is 5.82 Å². The Morgan fingerprint density at radius 3 is 3.10 bits per heavy atom. The predicted molar refractivity (Wildman–Crippen MR) is 79.8 cm³/mol. The van der Waals surface area contributed by atoms with Gasteiger partial charge in [-0.2, -0.15) is 0 Å². The maximum absolute atomic E-state index is 12.3. The van der Waals surface area contributed by atoms with E-state index in [4.69, 9.17) is 4.74 Å². The normalized spacial score (nSPS) is 24.3. The second-order valence-electron chi connectivity index (χ2n) is 6.38. The van der Waals surface area contributed by atoms with Gasteiger partial charge >= 0.3 is 0 Å². The van der Waals surface area contributed by atoms with Crippen LogP contribution in [0.15, 0.2) is 12.4 Å². The second kappa shape index (κ2) is 6.60. The zero-order valence-corrected chi connectivity index (χ0v) is 12.8. The summed E-state index contributed by atoms with van der Waals surface area (Å²) in [5.41, 5.74) is 0. The van der Waals surface area contributed by atoms with Crippen LogP contribution in [0.4, 0.5) is 0 Å². The van der Waals surface area contributed by atoms with Crippen LogP contribution in [0.5, 0.6) is 0 Å². The summed E-state index contributed by atoms with van der Waals surface area (Å²) in [6.45, 7) is 5.41. The van der Waals surface area contributed by atoms with E-state index < -0.39 is 0 Å². The fraction of sp³-hybridized carbons (Fsp3) is 0.750. The molecule has 0 saturated carbocycles. The Balaban J connectivity index is 1.45. The van der Waals surface area contributed by atoms with Crippen molar-refractivity contribution in [3.8, 4) is 0 Å². The molecule has 116 valence electrons. The summed E-state index contributed by atoms with van der Waals surface area (Å²) in [6.07, 6.45) is 8.05. The molecule has 5 nitrogen and oxygen atoms in total. The van der Waals surface area contributed by atoms with E-state index >= 15 is 0 Å². The number of aromatic nitrogens is 2. The zero-order chi connectivity index (χ0) is 14.7. The molecule has 3 rings (SSSR count). The third-order valence-corrected chi connectivity index (χ3v) is 4.98. The Bertz CT molecular complexity index is 480. The lowest BCUT2D eigenvalue weighted by atomic mass is 9.86. The van der Waals surface area contributed by atoms with Gasteiger partial charge in [0.2, 0.25) is 5.91 Å². The van der Waals surface area contributed by atoms with Crippen LogP contribution >= 0.6 is 0 Å². The Labute approximate surface area is 126 Å². The SMILES string of the molecule is CC(C(=O)NCC1CCc2nccn2C1)C1CCOCC1. The van der Waals surface area contributed by atoms with E-state index in [-0.39, 0.29) is 11.8 Å². The Morgan fingerprint density at radius 1 is 1.48 bits per heavy atom. The maximum Gasteiger partial charge on any atom is 0.223 e. The molecule has 1 aromatic rings. The quantitative estimate of drug-likeness (QED) is 0.917. The van der Waals surface area contributed by atoms with E-state index in [1.807, 2.05) is 12.4 Å². The van der Waals surface area contributed by atoms with Crippen LogP contribution in [-0.4, -0.2) is 35.2 Å². The third kappa shape index (κ3) is 3.46. The fourth-order valence-electron chi connectivity index (χ4n) is 3.44. The van der Waals surface area contributed by atoms with Crippen molar-refractivity contribution in [2.45, 2.75) is 39.2 Å². The summed E-state index contributed by atoms with van der Waals surface area (Å²) in [5, 5.41) is 3.16. The molecule has 5 heteroatoms. The highest BCUT2D eigenvalue weighted by Gasteiger charge is 2.27. The maximum atomic E-state index is 12.3. The first-order chi connectivity index (χ1) is 10.2. The zero-order valence-electron chi connectivity index (χ0n) is 12.8. The molecular formula is C16H25N3O2. The summed E-state index contributed by atoms with van der Waals surface area (Å²) >= 11 is 0. The first-order valence-corrected chi connectivity index (χ1v) is 8.09. The van der Waals surface area contributed by atoms with Gasteiger partial charge in [-0.05, 0) is 31.1 Å². The molecule has 0 spiro atoms. The molecule has 21 heavy (non-hydrogen) atoms. The highest BCUT2D eigenvalue weighted by atomic mass is 16.5. The summed E-state index contributed by atoms with van der Waals surface area (Å²) in [6, 6.07) is 0. The van der Waals surface area contributed by atoms with Crippen molar-refractivity contribution >= 4 is 5.91 Å². The first kappa shape index (κ1) is 14.6. The van der Waals surface area contributed by atoms with Crippen molar-refractivity contribution in [3.63, 3.8) is 0 Å². The fourth-order valence-corrected chi connectivity index (χ4v) is 3.44. The highest BCUT2D eigenvalue weighted by molar-refractivity contribution is 5.78. The third-order valence-electron chi connectivity index (χ3n) is 4.98. The molecule has 0 bridgehead atoms. The van der Waals surface area contributed by atoms with Gasteiger partial charge in [0.25, 0.3) is 0 Å². The molecule has 2 unspecified atom stereocenters. The summed E-state index contributed by atoms with van der Waals surface area (Å²) in [4.78, 5) is 16.6. The lowest BCUT2D eigenvalue weighted by molar-refractivity contribution is -0.127. The van der Waals surface area contributed by atoms with Crippen LogP contribution in [0.25, 0.3) is 0 Å². The molecule has 2 aliphatic heterocycles. The van der Waals surface area contributed by atoms with Crippen LogP contribution < -0.4 is 5.32 Å². The second-order valence-corrected chi connectivity index (χ2v) is 6.38. The average molecular weight is 291 g/mol. The lowest BCUT2D eigenvalue weighted by Gasteiger charge is -2.28. The van der Waals surface area contributed by atoms with Gasteiger partial charge in [-0.15, -0.1) is 0 Å². The number of carbonyl (C=O) groups excluding carboxylic acids is 1. The molecule has 0 aromatic carbocycles. The van der Waals surface area contributed by atoms with Crippen molar-refractivity contribution in [2.24, 2.45) is 17.8 Å². The number of nitrogens with one attached hydrogen (secondary N) is 1. The van der Waals surface area contributed by atoms with E-state index in [9.17, 15) is 4.79 Å². The number of carbonyl (C=O) groups is 1. The van der Waals surface area contributed by atoms with Gasteiger partial charge in [-0.25, -0.2) is 4.98 Å². The Kier molecular flexibility index (Phi) is 4.58. The number of imidazole rings is 1. The van der Waals surface area contributed by atoms with Gasteiger partial charge in [0.15, 0.2) is 0 Å². The summed E-state index contributed by atoms with van der Waals surface area (Å²) < 4.78 is 7.58. The molecule has 0 radical (unpaired) electrons. The molecule has 1 amide bonds. The van der Waals surface area contributed by atoms with Gasteiger partial charge in [0.05, 0.1) is 0 Å². The summed E-state index contributed by atoms with van der Waals surface area (Å²) in [5.74, 6) is 2.48. The molecule has 0 aliphatic carbocycles. The van der Waals surface area contributed by atoms with Crippen LogP contribution in [0, 0.1) is 17.8 Å². The van der Waals surface area contributed by atoms with Crippen molar-refractivity contribution in [1.82, 2.24) is 14.9 Å². The molecule has 1 N–H and O–H groups in total. The Hall–Kier alpha value is -1.36. The Morgan fingerprint density at radius 2 is 2.29 bits per heavy atom. The number of hydrogen-bond donors (Lipinski definition) is 1. The van der Waals surface area contributed by atoms with Gasteiger partial charge < -0.3 is 14.6 Å². The van der Waals surface area contributed by atoms with E-state index in [0.29, 0.717) is 11.8 Å². The molecule has 1 aromatic heterocycles. The van der Waals surface area contributed by atoms with Crippen LogP contribution in [-0.2, 0) is 22.5 Å². The topological polar surface area (TPSA) is 56.2 Å². The number of rotatable bonds is 4. The molecule has 1 fully saturated rings. The molecule has 2 aliphatic rings. The first-order valence-electron chi connectivity index (χ1n) is 8.09. The van der Waals surface area contributed by atoms with Crippen LogP contribution in [0.1, 0.15) is 32.0 Å². The molecule has 3 heterocycles. The van der Waals surface area contributed by atoms with Gasteiger partial charge in [-0.3, -0.25) is 4.79 Å². The summed E-state index contributed by atoms with van der Waals surface area (Å²) in [7, 11) is 0. The van der Waals surface area contributed by atoms with Crippen molar-refractivity contribution in [3.05, 3.63) is 18.2 Å². The monoisotopic (exact) mass is 291 g/mol. The number of ether oxygens (including phenoxy) is 1. The van der Waals surface area contributed by atoms with E-state index in [2.05, 4.69) is 21.8 Å². The van der Waals surface area contributed by atoms with Crippen molar-refractivity contribution in [2.75, 3.05) is 19.8 Å². The van der Waals surface area contributed by atoms with E-state index in [0.717, 1.165) is 52.0 Å². The van der Waals surface area contributed by atoms with Crippen molar-refractivity contribution in [1.29, 1.82) is 0 Å². The molecular weight excluding hydrogens is 266 g/mol. The number of fused-ring (bicyclic) bond motifs is 1. The van der Waals surface area contributed by atoms with E-state index in [1.165, 1.54) is 5.82 Å². The smallest absolute Gasteiger partial charge is 0.223 e. The minimum Gasteiger partial charge on any atom is -0.381 e.